The van der Waals surface area contributed by atoms with Crippen LogP contribution in [-0.4, -0.2) is 24.8 Å². The van der Waals surface area contributed by atoms with Crippen molar-refractivity contribution >= 4 is 29.3 Å². The molecule has 0 spiro atoms. The normalized spacial score (nSPS) is 11.8. The van der Waals surface area contributed by atoms with Crippen molar-refractivity contribution in [1.82, 2.24) is 0 Å². The zero-order valence-electron chi connectivity index (χ0n) is 15.1. The molecular formula is C20H20ClNO4. The largest absolute Gasteiger partial charge is 0.400 e. The summed E-state index contributed by atoms with van der Waals surface area (Å²) in [4.78, 5) is 29.4. The number of carbonyl (C=O) groups excluding carboxylic acids is 2. The lowest BCUT2D eigenvalue weighted by Crippen LogP contribution is -2.20. The van der Waals surface area contributed by atoms with Gasteiger partial charge in [-0.3, -0.25) is 4.79 Å². The molecule has 0 heterocycles. The molecule has 0 aromatic heterocycles. The third-order valence-electron chi connectivity index (χ3n) is 3.52. The Kier molecular flexibility index (Phi) is 6.16. The molecule has 0 N–H and O–H groups in total. The third-order valence-corrected chi connectivity index (χ3v) is 3.77. The number of ether oxygens (including phenoxy) is 1. The molecule has 0 atom stereocenters. The minimum absolute atomic E-state index is 0.000200. The van der Waals surface area contributed by atoms with Crippen molar-refractivity contribution in [3.8, 4) is 0 Å². The van der Waals surface area contributed by atoms with Gasteiger partial charge in [-0.1, -0.05) is 44.5 Å². The maximum Gasteiger partial charge on any atom is 0.344 e. The van der Waals surface area contributed by atoms with E-state index in [9.17, 15) is 9.59 Å². The fourth-order valence-corrected chi connectivity index (χ4v) is 2.27. The number of hydrogen-bond donors (Lipinski definition) is 0. The van der Waals surface area contributed by atoms with Gasteiger partial charge in [-0.25, -0.2) is 4.79 Å². The molecule has 0 aliphatic carbocycles. The van der Waals surface area contributed by atoms with Gasteiger partial charge in [0.25, 0.3) is 5.90 Å². The van der Waals surface area contributed by atoms with E-state index in [2.05, 4.69) is 5.16 Å². The first kappa shape index (κ1) is 19.7. The lowest BCUT2D eigenvalue weighted by atomic mass is 9.86. The summed E-state index contributed by atoms with van der Waals surface area (Å²) < 4.78 is 5.33. The van der Waals surface area contributed by atoms with Gasteiger partial charge in [0.15, 0.2) is 5.78 Å². The summed E-state index contributed by atoms with van der Waals surface area (Å²) in [7, 11) is 1.36. The molecule has 0 unspecified atom stereocenters. The monoisotopic (exact) mass is 373 g/mol. The van der Waals surface area contributed by atoms with Crippen molar-refractivity contribution in [2.24, 2.45) is 10.6 Å². The molecule has 6 heteroatoms. The summed E-state index contributed by atoms with van der Waals surface area (Å²) in [5.74, 6) is -0.588. The Morgan fingerprint density at radius 2 is 1.38 bits per heavy atom. The van der Waals surface area contributed by atoms with Gasteiger partial charge in [-0.05, 0) is 41.6 Å². The smallest absolute Gasteiger partial charge is 0.344 e. The first-order valence-electron chi connectivity index (χ1n) is 7.96. The van der Waals surface area contributed by atoms with Gasteiger partial charge < -0.3 is 9.57 Å². The molecule has 2 aromatic rings. The van der Waals surface area contributed by atoms with Gasteiger partial charge in [-0.15, -0.1) is 0 Å². The van der Waals surface area contributed by atoms with Gasteiger partial charge in [0.1, 0.15) is 7.11 Å². The van der Waals surface area contributed by atoms with Crippen molar-refractivity contribution in [3.63, 3.8) is 0 Å². The molecule has 26 heavy (non-hydrogen) atoms. The highest BCUT2D eigenvalue weighted by Gasteiger charge is 2.23. The van der Waals surface area contributed by atoms with Crippen LogP contribution in [0, 0.1) is 5.41 Å². The predicted octanol–water partition coefficient (Wildman–Crippen LogP) is 4.73. The highest BCUT2D eigenvalue weighted by Crippen LogP contribution is 2.21. The van der Waals surface area contributed by atoms with Crippen LogP contribution in [0.5, 0.6) is 0 Å². The van der Waals surface area contributed by atoms with E-state index >= 15 is 0 Å². The van der Waals surface area contributed by atoms with E-state index in [4.69, 9.17) is 21.2 Å². The second-order valence-electron chi connectivity index (χ2n) is 6.63. The van der Waals surface area contributed by atoms with Crippen LogP contribution < -0.4 is 0 Å². The van der Waals surface area contributed by atoms with Gasteiger partial charge >= 0.3 is 5.97 Å². The van der Waals surface area contributed by atoms with Gasteiger partial charge in [0.2, 0.25) is 0 Å². The van der Waals surface area contributed by atoms with Gasteiger partial charge in [0.05, 0.1) is 5.56 Å². The molecule has 0 saturated heterocycles. The Bertz CT molecular complexity index is 818. The average molecular weight is 374 g/mol. The second-order valence-corrected chi connectivity index (χ2v) is 7.07. The highest BCUT2D eigenvalue weighted by molar-refractivity contribution is 6.30. The minimum atomic E-state index is -0.606. The zero-order chi connectivity index (χ0) is 19.3. The third kappa shape index (κ3) is 4.92. The topological polar surface area (TPSA) is 65.0 Å². The lowest BCUT2D eigenvalue weighted by molar-refractivity contribution is 0.0702. The number of Topliss-reactive ketones (excluding diaryl/α,β-unsaturated/α-hetero) is 1. The standard InChI is InChI=1S/C20H20ClNO4/c1-20(2,3)17(23)13-5-7-15(8-6-13)19(24)26-18(22-25-4)14-9-11-16(21)12-10-14/h5-12H,1-4H3. The van der Waals surface area contributed by atoms with E-state index in [1.165, 1.54) is 7.11 Å². The summed E-state index contributed by atoms with van der Waals surface area (Å²) >= 11 is 5.86. The van der Waals surface area contributed by atoms with Crippen molar-refractivity contribution < 1.29 is 19.2 Å². The Hall–Kier alpha value is -2.66. The van der Waals surface area contributed by atoms with Crippen LogP contribution in [0.15, 0.2) is 53.7 Å². The number of esters is 1. The van der Waals surface area contributed by atoms with Crippen molar-refractivity contribution in [1.29, 1.82) is 0 Å². The number of carbonyl (C=O) groups is 2. The first-order chi connectivity index (χ1) is 12.2. The average Bonchev–Trinajstić information content (AvgIpc) is 2.60. The van der Waals surface area contributed by atoms with E-state index in [1.54, 1.807) is 48.5 Å². The number of oxime groups is 1. The van der Waals surface area contributed by atoms with Crippen LogP contribution in [0.3, 0.4) is 0 Å². The summed E-state index contributed by atoms with van der Waals surface area (Å²) in [6, 6.07) is 13.0. The molecule has 0 bridgehead atoms. The number of benzene rings is 2. The molecule has 5 nitrogen and oxygen atoms in total. The molecule has 0 fully saturated rings. The highest BCUT2D eigenvalue weighted by atomic mass is 35.5. The maximum atomic E-state index is 12.4. The number of ketones is 1. The first-order valence-corrected chi connectivity index (χ1v) is 8.34. The van der Waals surface area contributed by atoms with Gasteiger partial charge in [-0.2, -0.15) is 0 Å². The molecule has 0 aliphatic rings. The van der Waals surface area contributed by atoms with Crippen molar-refractivity contribution in [2.75, 3.05) is 7.11 Å². The summed E-state index contributed by atoms with van der Waals surface area (Å²) in [5, 5.41) is 4.30. The number of nitrogens with zero attached hydrogens (tertiary/aromatic N) is 1. The Balaban J connectivity index is 2.18. The van der Waals surface area contributed by atoms with Crippen LogP contribution >= 0.6 is 11.6 Å². The predicted molar refractivity (Wildman–Crippen MR) is 101 cm³/mol. The zero-order valence-corrected chi connectivity index (χ0v) is 15.8. The maximum absolute atomic E-state index is 12.4. The van der Waals surface area contributed by atoms with Crippen LogP contribution in [0.1, 0.15) is 47.1 Å². The Morgan fingerprint density at radius 3 is 1.88 bits per heavy atom. The van der Waals surface area contributed by atoms with Crippen LogP contribution in [-0.2, 0) is 9.57 Å². The van der Waals surface area contributed by atoms with Crippen LogP contribution in [0.2, 0.25) is 5.02 Å². The molecule has 0 aliphatic heterocycles. The van der Waals surface area contributed by atoms with E-state index in [-0.39, 0.29) is 11.7 Å². The minimum Gasteiger partial charge on any atom is -0.400 e. The van der Waals surface area contributed by atoms with E-state index in [0.717, 1.165) is 0 Å². The second kappa shape index (κ2) is 8.15. The van der Waals surface area contributed by atoms with E-state index in [1.807, 2.05) is 20.8 Å². The van der Waals surface area contributed by atoms with Crippen molar-refractivity contribution in [3.05, 3.63) is 70.2 Å². The number of rotatable bonds is 4. The van der Waals surface area contributed by atoms with E-state index < -0.39 is 11.4 Å². The fraction of sp³-hybridized carbons (Fsp3) is 0.250. The molecule has 2 aromatic carbocycles. The Labute approximate surface area is 157 Å². The number of halogens is 1. The van der Waals surface area contributed by atoms with Crippen LogP contribution in [0.4, 0.5) is 0 Å². The summed E-state index contributed by atoms with van der Waals surface area (Å²) in [6.07, 6.45) is 0. The Morgan fingerprint density at radius 1 is 0.885 bits per heavy atom. The number of hydrogen-bond acceptors (Lipinski definition) is 5. The van der Waals surface area contributed by atoms with Gasteiger partial charge in [0, 0.05) is 21.6 Å². The molecular weight excluding hydrogens is 354 g/mol. The summed E-state index contributed by atoms with van der Waals surface area (Å²) in [6.45, 7) is 5.53. The van der Waals surface area contributed by atoms with E-state index in [0.29, 0.717) is 21.7 Å². The lowest BCUT2D eigenvalue weighted by Gasteiger charge is -2.16. The summed E-state index contributed by atoms with van der Waals surface area (Å²) in [5.41, 5.74) is 0.893. The molecule has 0 radical (unpaired) electrons. The van der Waals surface area contributed by atoms with Crippen LogP contribution in [0.25, 0.3) is 0 Å². The SMILES string of the molecule is CON=C(OC(=O)c1ccc(C(=O)C(C)(C)C)cc1)c1ccc(Cl)cc1. The molecule has 2 rings (SSSR count). The van der Waals surface area contributed by atoms with Crippen molar-refractivity contribution in [2.45, 2.75) is 20.8 Å². The molecule has 136 valence electrons. The molecule has 0 amide bonds. The molecule has 0 saturated carbocycles. The quantitative estimate of drug-likeness (QED) is 0.255. The fourth-order valence-electron chi connectivity index (χ4n) is 2.14.